The Morgan fingerprint density at radius 3 is 1.80 bits per heavy atom. The summed E-state index contributed by atoms with van der Waals surface area (Å²) in [6.07, 6.45) is -10.0. The van der Waals surface area contributed by atoms with Crippen molar-refractivity contribution in [1.82, 2.24) is 9.97 Å². The van der Waals surface area contributed by atoms with Crippen LogP contribution in [-0.4, -0.2) is 30.1 Å². The van der Waals surface area contributed by atoms with Crippen molar-refractivity contribution in [2.75, 3.05) is 34.9 Å². The predicted octanol–water partition coefficient (Wildman–Crippen LogP) is 6.28. The first-order valence-electron chi connectivity index (χ1n) is 9.98. The quantitative estimate of drug-likeness (QED) is 0.361. The first-order chi connectivity index (χ1) is 16.2. The summed E-state index contributed by atoms with van der Waals surface area (Å²) >= 11 is 0. The van der Waals surface area contributed by atoms with Crippen LogP contribution < -0.4 is 20.9 Å². The van der Waals surface area contributed by atoms with Crippen LogP contribution in [0.1, 0.15) is 16.8 Å². The van der Waals surface area contributed by atoms with Gasteiger partial charge in [0.25, 0.3) is 0 Å². The number of urea groups is 1. The van der Waals surface area contributed by atoms with Crippen molar-refractivity contribution in [1.29, 1.82) is 0 Å². The normalized spacial score (nSPS) is 11.7. The average molecular weight is 498 g/mol. The van der Waals surface area contributed by atoms with Crippen molar-refractivity contribution in [2.24, 2.45) is 0 Å². The maximum atomic E-state index is 13.0. The number of carbonyl (C=O) groups is 1. The lowest BCUT2D eigenvalue weighted by Crippen LogP contribution is -2.20. The zero-order valence-corrected chi connectivity index (χ0v) is 18.6. The smallest absolute Gasteiger partial charge is 0.363 e. The highest BCUT2D eigenvalue weighted by atomic mass is 19.4. The zero-order chi connectivity index (χ0) is 26.0. The van der Waals surface area contributed by atoms with E-state index in [4.69, 9.17) is 0 Å². The van der Waals surface area contributed by atoms with Gasteiger partial charge < -0.3 is 20.9 Å². The summed E-state index contributed by atoms with van der Waals surface area (Å²) in [6, 6.07) is 7.75. The topological polar surface area (TPSA) is 82.2 Å². The van der Waals surface area contributed by atoms with Crippen molar-refractivity contribution in [3.63, 3.8) is 0 Å². The molecule has 0 spiro atoms. The van der Waals surface area contributed by atoms with Crippen LogP contribution >= 0.6 is 0 Å². The fourth-order valence-corrected chi connectivity index (χ4v) is 2.92. The minimum Gasteiger partial charge on any atom is -0.363 e. The molecule has 0 bridgehead atoms. The molecule has 2 amide bonds. The van der Waals surface area contributed by atoms with Crippen LogP contribution in [0.25, 0.3) is 0 Å². The van der Waals surface area contributed by atoms with Crippen LogP contribution in [-0.2, 0) is 12.4 Å². The van der Waals surface area contributed by atoms with E-state index in [1.807, 2.05) is 31.2 Å². The molecule has 0 unspecified atom stereocenters. The average Bonchev–Trinajstić information content (AvgIpc) is 2.73. The van der Waals surface area contributed by atoms with Crippen molar-refractivity contribution in [2.45, 2.75) is 19.3 Å². The Labute approximate surface area is 196 Å². The summed E-state index contributed by atoms with van der Waals surface area (Å²) in [4.78, 5) is 22.7. The van der Waals surface area contributed by atoms with Gasteiger partial charge in [0, 0.05) is 42.9 Å². The zero-order valence-electron chi connectivity index (χ0n) is 18.6. The highest BCUT2D eigenvalue weighted by Gasteiger charge is 2.37. The Morgan fingerprint density at radius 1 is 0.771 bits per heavy atom. The standard InChI is InChI=1S/C22H20F6N6O/c1-12-8-18(34(2)3)33-19(29-12)30-15-4-6-16(7-5-15)31-20(35)32-17-10-13(21(23,24)25)9-14(11-17)22(26,27)28/h4-11H,1-3H3,(H,29,30,33)(H2,31,32,35). The Kier molecular flexibility index (Phi) is 7.08. The van der Waals surface area contributed by atoms with E-state index in [1.54, 1.807) is 18.2 Å². The van der Waals surface area contributed by atoms with Crippen LogP contribution in [0.15, 0.2) is 48.5 Å². The van der Waals surface area contributed by atoms with Gasteiger partial charge in [-0.05, 0) is 49.4 Å². The largest absolute Gasteiger partial charge is 0.416 e. The van der Waals surface area contributed by atoms with Gasteiger partial charge in [-0.1, -0.05) is 0 Å². The van der Waals surface area contributed by atoms with Gasteiger partial charge >= 0.3 is 18.4 Å². The number of nitrogens with zero attached hydrogens (tertiary/aromatic N) is 3. The predicted molar refractivity (Wildman–Crippen MR) is 120 cm³/mol. The van der Waals surface area contributed by atoms with Crippen molar-refractivity contribution in [3.05, 3.63) is 65.4 Å². The Balaban J connectivity index is 1.70. The first kappa shape index (κ1) is 25.6. The van der Waals surface area contributed by atoms with Crippen LogP contribution in [0.4, 0.5) is 60.0 Å². The third-order valence-electron chi connectivity index (χ3n) is 4.54. The molecule has 13 heteroatoms. The van der Waals surface area contributed by atoms with Crippen LogP contribution in [0.3, 0.4) is 0 Å². The second-order valence-corrected chi connectivity index (χ2v) is 7.66. The van der Waals surface area contributed by atoms with E-state index in [2.05, 4.69) is 20.6 Å². The van der Waals surface area contributed by atoms with Crippen LogP contribution in [0.5, 0.6) is 0 Å². The summed E-state index contributed by atoms with van der Waals surface area (Å²) in [6.45, 7) is 1.81. The summed E-state index contributed by atoms with van der Waals surface area (Å²) < 4.78 is 77.9. The summed E-state index contributed by atoms with van der Waals surface area (Å²) in [5.41, 5.74) is -2.16. The maximum absolute atomic E-state index is 13.0. The van der Waals surface area contributed by atoms with Crippen LogP contribution in [0, 0.1) is 6.92 Å². The Hall–Kier alpha value is -4.03. The van der Waals surface area contributed by atoms with E-state index in [1.165, 1.54) is 12.1 Å². The molecule has 0 aliphatic heterocycles. The number of hydrogen-bond donors (Lipinski definition) is 3. The van der Waals surface area contributed by atoms with Crippen LogP contribution in [0.2, 0.25) is 0 Å². The molecule has 186 valence electrons. The van der Waals surface area contributed by atoms with E-state index in [0.717, 1.165) is 5.69 Å². The molecule has 1 heterocycles. The molecule has 3 aromatic rings. The van der Waals surface area contributed by atoms with Gasteiger partial charge in [-0.2, -0.15) is 31.3 Å². The molecule has 0 atom stereocenters. The number of nitrogens with one attached hydrogen (secondary N) is 3. The first-order valence-corrected chi connectivity index (χ1v) is 9.98. The second kappa shape index (κ2) is 9.68. The van der Waals surface area contributed by atoms with Crippen molar-refractivity contribution >= 4 is 34.9 Å². The lowest BCUT2D eigenvalue weighted by atomic mass is 10.1. The number of hydrogen-bond acceptors (Lipinski definition) is 5. The number of alkyl halides is 6. The van der Waals surface area contributed by atoms with Gasteiger partial charge in [0.05, 0.1) is 11.1 Å². The Bertz CT molecular complexity index is 1180. The fraction of sp³-hybridized carbons (Fsp3) is 0.227. The lowest BCUT2D eigenvalue weighted by molar-refractivity contribution is -0.143. The van der Waals surface area contributed by atoms with Gasteiger partial charge in [-0.3, -0.25) is 0 Å². The summed E-state index contributed by atoms with van der Waals surface area (Å²) in [5.74, 6) is 1.04. The van der Waals surface area contributed by atoms with Crippen molar-refractivity contribution in [3.8, 4) is 0 Å². The third kappa shape index (κ3) is 6.98. The molecule has 1 aromatic heterocycles. The molecule has 2 aromatic carbocycles. The minimum absolute atomic E-state index is 0.0196. The van der Waals surface area contributed by atoms with Gasteiger partial charge in [0.15, 0.2) is 0 Å². The van der Waals surface area contributed by atoms with E-state index in [0.29, 0.717) is 29.6 Å². The van der Waals surface area contributed by atoms with E-state index in [-0.39, 0.29) is 11.8 Å². The van der Waals surface area contributed by atoms with E-state index in [9.17, 15) is 31.1 Å². The molecule has 0 saturated carbocycles. The molecule has 35 heavy (non-hydrogen) atoms. The molecule has 3 N–H and O–H groups in total. The fourth-order valence-electron chi connectivity index (χ4n) is 2.92. The minimum atomic E-state index is -5.02. The number of anilines is 5. The molecular weight excluding hydrogens is 478 g/mol. The van der Waals surface area contributed by atoms with Crippen molar-refractivity contribution < 1.29 is 31.1 Å². The number of amides is 2. The SMILES string of the molecule is Cc1cc(N(C)C)nc(Nc2ccc(NC(=O)Nc3cc(C(F)(F)F)cc(C(F)(F)F)c3)cc2)n1. The number of rotatable bonds is 5. The molecule has 3 rings (SSSR count). The van der Waals surface area contributed by atoms with E-state index < -0.39 is 35.2 Å². The van der Waals surface area contributed by atoms with Gasteiger partial charge in [-0.25, -0.2) is 9.78 Å². The maximum Gasteiger partial charge on any atom is 0.416 e. The number of aromatic nitrogens is 2. The summed E-state index contributed by atoms with van der Waals surface area (Å²) in [7, 11) is 3.67. The highest BCUT2D eigenvalue weighted by Crippen LogP contribution is 2.37. The Morgan fingerprint density at radius 2 is 1.29 bits per heavy atom. The molecule has 0 aliphatic rings. The molecule has 0 aliphatic carbocycles. The number of halogens is 6. The molecular formula is C22H20F6N6O. The van der Waals surface area contributed by atoms with E-state index >= 15 is 0 Å². The second-order valence-electron chi connectivity index (χ2n) is 7.66. The third-order valence-corrected chi connectivity index (χ3v) is 4.54. The van der Waals surface area contributed by atoms with Gasteiger partial charge in [0.1, 0.15) is 5.82 Å². The number of carbonyl (C=O) groups excluding carboxylic acids is 1. The highest BCUT2D eigenvalue weighted by molar-refractivity contribution is 6.00. The number of aryl methyl sites for hydroxylation is 1. The molecule has 0 saturated heterocycles. The summed E-state index contributed by atoms with van der Waals surface area (Å²) in [5, 5.41) is 7.37. The molecule has 0 fully saturated rings. The van der Waals surface area contributed by atoms with Gasteiger partial charge in [-0.15, -0.1) is 0 Å². The molecule has 0 radical (unpaired) electrons. The monoisotopic (exact) mass is 498 g/mol. The lowest BCUT2D eigenvalue weighted by Gasteiger charge is -2.15. The molecule has 7 nitrogen and oxygen atoms in total. The van der Waals surface area contributed by atoms with Gasteiger partial charge in [0.2, 0.25) is 5.95 Å². The number of benzene rings is 2.